The van der Waals surface area contributed by atoms with Gasteiger partial charge in [0.1, 0.15) is 0 Å². The summed E-state index contributed by atoms with van der Waals surface area (Å²) in [4.78, 5) is 21.0. The maximum Gasteiger partial charge on any atom is 0.269 e. The number of nitrogens with zero attached hydrogens (tertiary/aromatic N) is 1. The first-order chi connectivity index (χ1) is 9.54. The second-order valence-electron chi connectivity index (χ2n) is 4.19. The molecule has 0 radical (unpaired) electrons. The normalized spacial score (nSPS) is 9.85. The molecule has 6 nitrogen and oxygen atoms in total. The summed E-state index contributed by atoms with van der Waals surface area (Å²) in [5.41, 5.74) is 2.35. The Morgan fingerprint density at radius 3 is 1.85 bits per heavy atom. The Hall–Kier alpha value is -2.89. The average Bonchev–Trinajstić information content (AvgIpc) is 2.41. The van der Waals surface area contributed by atoms with E-state index in [1.807, 2.05) is 12.1 Å². The second kappa shape index (κ2) is 5.83. The van der Waals surface area contributed by atoms with Crippen LogP contribution in [0.2, 0.25) is 0 Å². The highest BCUT2D eigenvalue weighted by molar-refractivity contribution is 5.88. The van der Waals surface area contributed by atoms with Crippen molar-refractivity contribution >= 4 is 28.7 Å². The van der Waals surface area contributed by atoms with Crippen molar-refractivity contribution < 1.29 is 9.72 Å². The van der Waals surface area contributed by atoms with Crippen molar-refractivity contribution in [2.24, 2.45) is 0 Å². The van der Waals surface area contributed by atoms with E-state index in [1.165, 1.54) is 19.1 Å². The molecular formula is C14H13N3O3. The van der Waals surface area contributed by atoms with Crippen molar-refractivity contribution in [2.45, 2.75) is 6.92 Å². The number of hydrogen-bond acceptors (Lipinski definition) is 4. The maximum atomic E-state index is 10.9. The molecule has 0 aliphatic carbocycles. The van der Waals surface area contributed by atoms with Crippen molar-refractivity contribution in [3.63, 3.8) is 0 Å². The van der Waals surface area contributed by atoms with Crippen LogP contribution in [-0.2, 0) is 4.79 Å². The summed E-state index contributed by atoms with van der Waals surface area (Å²) in [6.07, 6.45) is 0. The summed E-state index contributed by atoms with van der Waals surface area (Å²) in [6.45, 7) is 1.45. The van der Waals surface area contributed by atoms with E-state index in [1.54, 1.807) is 24.3 Å². The van der Waals surface area contributed by atoms with Crippen molar-refractivity contribution in [2.75, 3.05) is 10.6 Å². The molecule has 2 aromatic rings. The Kier molecular flexibility index (Phi) is 3.95. The minimum absolute atomic E-state index is 0.0524. The van der Waals surface area contributed by atoms with E-state index in [2.05, 4.69) is 10.6 Å². The van der Waals surface area contributed by atoms with Crippen LogP contribution in [0.25, 0.3) is 0 Å². The van der Waals surface area contributed by atoms with Crippen LogP contribution in [0.1, 0.15) is 6.92 Å². The summed E-state index contributed by atoms with van der Waals surface area (Å²) >= 11 is 0. The van der Waals surface area contributed by atoms with Gasteiger partial charge in [-0.05, 0) is 36.4 Å². The monoisotopic (exact) mass is 271 g/mol. The molecule has 1 amide bonds. The van der Waals surface area contributed by atoms with Crippen molar-refractivity contribution in [3.8, 4) is 0 Å². The lowest BCUT2D eigenvalue weighted by Gasteiger charge is -2.07. The lowest BCUT2D eigenvalue weighted by molar-refractivity contribution is -0.384. The fraction of sp³-hybridized carbons (Fsp3) is 0.0714. The zero-order valence-electron chi connectivity index (χ0n) is 10.8. The third-order valence-electron chi connectivity index (χ3n) is 2.57. The van der Waals surface area contributed by atoms with E-state index in [4.69, 9.17) is 0 Å². The molecule has 102 valence electrons. The van der Waals surface area contributed by atoms with E-state index in [0.29, 0.717) is 5.69 Å². The summed E-state index contributed by atoms with van der Waals surface area (Å²) in [7, 11) is 0. The van der Waals surface area contributed by atoms with Gasteiger partial charge in [0.15, 0.2) is 0 Å². The van der Waals surface area contributed by atoms with Crippen LogP contribution in [0.3, 0.4) is 0 Å². The first-order valence-corrected chi connectivity index (χ1v) is 5.94. The van der Waals surface area contributed by atoms with Gasteiger partial charge in [-0.25, -0.2) is 0 Å². The van der Waals surface area contributed by atoms with Crippen LogP contribution in [-0.4, -0.2) is 10.8 Å². The van der Waals surface area contributed by atoms with Gasteiger partial charge in [-0.3, -0.25) is 14.9 Å². The second-order valence-corrected chi connectivity index (χ2v) is 4.19. The number of nitro benzene ring substituents is 1. The number of hydrogen-bond donors (Lipinski definition) is 2. The molecule has 0 heterocycles. The van der Waals surface area contributed by atoms with Crippen LogP contribution < -0.4 is 10.6 Å². The first kappa shape index (κ1) is 13.5. The highest BCUT2D eigenvalue weighted by Gasteiger charge is 2.04. The smallest absolute Gasteiger partial charge is 0.269 e. The summed E-state index contributed by atoms with van der Waals surface area (Å²) in [5.74, 6) is -0.124. The Morgan fingerprint density at radius 1 is 0.950 bits per heavy atom. The number of rotatable bonds is 4. The molecule has 0 atom stereocenters. The largest absolute Gasteiger partial charge is 0.356 e. The van der Waals surface area contributed by atoms with E-state index in [0.717, 1.165) is 11.4 Å². The average molecular weight is 271 g/mol. The van der Waals surface area contributed by atoms with Gasteiger partial charge in [-0.2, -0.15) is 0 Å². The molecular weight excluding hydrogens is 258 g/mol. The quantitative estimate of drug-likeness (QED) is 0.660. The lowest BCUT2D eigenvalue weighted by atomic mass is 10.2. The Bertz CT molecular complexity index is 621. The maximum absolute atomic E-state index is 10.9. The zero-order valence-corrected chi connectivity index (χ0v) is 10.8. The van der Waals surface area contributed by atoms with Crippen molar-refractivity contribution in [1.82, 2.24) is 0 Å². The number of amides is 1. The SMILES string of the molecule is CC(=O)Nc1ccc(Nc2ccc([N+](=O)[O-])cc2)cc1. The third-order valence-corrected chi connectivity index (χ3v) is 2.57. The predicted molar refractivity (Wildman–Crippen MR) is 77.1 cm³/mol. The molecule has 0 spiro atoms. The fourth-order valence-electron chi connectivity index (χ4n) is 1.67. The molecule has 0 fully saturated rings. The van der Waals surface area contributed by atoms with Gasteiger partial charge in [0.05, 0.1) is 4.92 Å². The van der Waals surface area contributed by atoms with Gasteiger partial charge in [0, 0.05) is 36.1 Å². The topological polar surface area (TPSA) is 84.3 Å². The fourth-order valence-corrected chi connectivity index (χ4v) is 1.67. The number of benzene rings is 2. The molecule has 0 saturated heterocycles. The van der Waals surface area contributed by atoms with Crippen LogP contribution in [0.15, 0.2) is 48.5 Å². The van der Waals surface area contributed by atoms with Gasteiger partial charge < -0.3 is 10.6 Å². The van der Waals surface area contributed by atoms with Crippen LogP contribution in [0, 0.1) is 10.1 Å². The molecule has 0 aromatic heterocycles. The van der Waals surface area contributed by atoms with Crippen LogP contribution >= 0.6 is 0 Å². The third kappa shape index (κ3) is 3.55. The predicted octanol–water partition coefficient (Wildman–Crippen LogP) is 3.30. The lowest BCUT2D eigenvalue weighted by Crippen LogP contribution is -2.05. The van der Waals surface area contributed by atoms with Crippen LogP contribution in [0.4, 0.5) is 22.7 Å². The summed E-state index contributed by atoms with van der Waals surface area (Å²) in [5, 5.41) is 16.3. The number of carbonyl (C=O) groups is 1. The van der Waals surface area contributed by atoms with Gasteiger partial charge in [-0.1, -0.05) is 0 Å². The molecule has 0 aliphatic rings. The molecule has 2 rings (SSSR count). The van der Waals surface area contributed by atoms with Gasteiger partial charge in [0.2, 0.25) is 5.91 Å². The van der Waals surface area contributed by atoms with E-state index in [-0.39, 0.29) is 11.6 Å². The number of carbonyl (C=O) groups excluding carboxylic acids is 1. The van der Waals surface area contributed by atoms with Crippen molar-refractivity contribution in [3.05, 3.63) is 58.6 Å². The highest BCUT2D eigenvalue weighted by atomic mass is 16.6. The molecule has 0 saturated carbocycles. The Labute approximate surface area is 115 Å². The molecule has 2 aromatic carbocycles. The summed E-state index contributed by atoms with van der Waals surface area (Å²) < 4.78 is 0. The zero-order chi connectivity index (χ0) is 14.5. The highest BCUT2D eigenvalue weighted by Crippen LogP contribution is 2.21. The van der Waals surface area contributed by atoms with Gasteiger partial charge in [-0.15, -0.1) is 0 Å². The Morgan fingerprint density at radius 2 is 1.40 bits per heavy atom. The molecule has 0 unspecified atom stereocenters. The number of anilines is 3. The Balaban J connectivity index is 2.06. The molecule has 0 aliphatic heterocycles. The van der Waals surface area contributed by atoms with E-state index >= 15 is 0 Å². The minimum atomic E-state index is -0.438. The first-order valence-electron chi connectivity index (χ1n) is 5.94. The number of nitro groups is 1. The number of non-ortho nitro benzene ring substituents is 1. The molecule has 2 N–H and O–H groups in total. The molecule has 20 heavy (non-hydrogen) atoms. The number of nitrogens with one attached hydrogen (secondary N) is 2. The minimum Gasteiger partial charge on any atom is -0.356 e. The van der Waals surface area contributed by atoms with Gasteiger partial charge >= 0.3 is 0 Å². The molecule has 6 heteroatoms. The van der Waals surface area contributed by atoms with Crippen molar-refractivity contribution in [1.29, 1.82) is 0 Å². The van der Waals surface area contributed by atoms with E-state index < -0.39 is 4.92 Å². The molecule has 0 bridgehead atoms. The van der Waals surface area contributed by atoms with E-state index in [9.17, 15) is 14.9 Å². The standard InChI is InChI=1S/C14H13N3O3/c1-10(18)15-11-2-4-12(5-3-11)16-13-6-8-14(9-7-13)17(19)20/h2-9,16H,1H3,(H,15,18). The summed E-state index contributed by atoms with van der Waals surface area (Å²) in [6, 6.07) is 13.3. The van der Waals surface area contributed by atoms with Gasteiger partial charge in [0.25, 0.3) is 5.69 Å². The van der Waals surface area contributed by atoms with Crippen LogP contribution in [0.5, 0.6) is 0 Å².